The molecule has 1 aliphatic heterocycles. The monoisotopic (exact) mass is 285 g/mol. The van der Waals surface area contributed by atoms with Gasteiger partial charge in [0.05, 0.1) is 12.9 Å². The summed E-state index contributed by atoms with van der Waals surface area (Å²) in [4.78, 5) is 16.1. The van der Waals surface area contributed by atoms with E-state index in [1.54, 1.807) is 23.3 Å². The number of ether oxygens (including phenoxy) is 1. The minimum atomic E-state index is -0.261. The van der Waals surface area contributed by atoms with Gasteiger partial charge in [-0.1, -0.05) is 18.2 Å². The Kier molecular flexibility index (Phi) is 3.90. The molecular formula is C16H19N3O2. The first-order valence-corrected chi connectivity index (χ1v) is 7.24. The molecule has 3 rings (SSSR count). The maximum absolute atomic E-state index is 12.1. The van der Waals surface area contributed by atoms with E-state index in [0.717, 1.165) is 18.6 Å². The fourth-order valence-corrected chi connectivity index (χ4v) is 2.52. The normalized spacial score (nSPS) is 18.4. The maximum atomic E-state index is 12.1. The molecule has 5 heteroatoms. The molecule has 0 radical (unpaired) electrons. The van der Waals surface area contributed by atoms with Crippen molar-refractivity contribution in [1.29, 1.82) is 0 Å². The third kappa shape index (κ3) is 3.07. The number of carbonyl (C=O) groups excluding carboxylic acids is 1. The Morgan fingerprint density at radius 1 is 1.52 bits per heavy atom. The molecule has 0 saturated carbocycles. The zero-order valence-corrected chi connectivity index (χ0v) is 12.0. The van der Waals surface area contributed by atoms with Crippen molar-refractivity contribution in [3.8, 4) is 5.75 Å². The molecule has 1 N–H and O–H groups in total. The van der Waals surface area contributed by atoms with Crippen molar-refractivity contribution < 1.29 is 9.53 Å². The summed E-state index contributed by atoms with van der Waals surface area (Å²) in [5.74, 6) is 0.918. The molecule has 2 aromatic rings. The fraction of sp³-hybridized carbons (Fsp3) is 0.375. The Hall–Kier alpha value is -2.30. The number of hydrogen-bond donors (Lipinski definition) is 1. The molecule has 2 atom stereocenters. The van der Waals surface area contributed by atoms with Crippen LogP contribution in [0, 0.1) is 0 Å². The van der Waals surface area contributed by atoms with Gasteiger partial charge in [-0.3, -0.25) is 4.79 Å². The SMILES string of the molecule is C[C@H](C(=O)NC[C@H]1CCc2ccccc2O1)n1ccnc1. The van der Waals surface area contributed by atoms with Crippen LogP contribution in [0.5, 0.6) is 5.75 Å². The number of hydrogen-bond acceptors (Lipinski definition) is 3. The molecule has 1 aromatic heterocycles. The summed E-state index contributed by atoms with van der Waals surface area (Å²) in [6.45, 7) is 2.39. The van der Waals surface area contributed by atoms with Gasteiger partial charge in [0.15, 0.2) is 0 Å². The van der Waals surface area contributed by atoms with Gasteiger partial charge in [-0.25, -0.2) is 4.98 Å². The molecular weight excluding hydrogens is 266 g/mol. The first-order valence-electron chi connectivity index (χ1n) is 7.24. The van der Waals surface area contributed by atoms with Crippen LogP contribution in [0.25, 0.3) is 0 Å². The lowest BCUT2D eigenvalue weighted by molar-refractivity contribution is -0.124. The van der Waals surface area contributed by atoms with Crippen LogP contribution in [0.2, 0.25) is 0 Å². The smallest absolute Gasteiger partial charge is 0.242 e. The predicted octanol–water partition coefficient (Wildman–Crippen LogP) is 1.95. The van der Waals surface area contributed by atoms with Gasteiger partial charge in [0.25, 0.3) is 0 Å². The van der Waals surface area contributed by atoms with Gasteiger partial charge in [0, 0.05) is 12.4 Å². The summed E-state index contributed by atoms with van der Waals surface area (Å²) >= 11 is 0. The van der Waals surface area contributed by atoms with E-state index >= 15 is 0 Å². The third-order valence-corrected chi connectivity index (χ3v) is 3.86. The second-order valence-corrected chi connectivity index (χ2v) is 5.32. The first kappa shape index (κ1) is 13.7. The topological polar surface area (TPSA) is 56.1 Å². The largest absolute Gasteiger partial charge is 0.488 e. The summed E-state index contributed by atoms with van der Waals surface area (Å²) in [7, 11) is 0. The molecule has 0 saturated heterocycles. The minimum absolute atomic E-state index is 0.0181. The van der Waals surface area contributed by atoms with Crippen LogP contribution in [0.4, 0.5) is 0 Å². The van der Waals surface area contributed by atoms with Gasteiger partial charge < -0.3 is 14.6 Å². The van der Waals surface area contributed by atoms with Crippen molar-refractivity contribution in [1.82, 2.24) is 14.9 Å². The van der Waals surface area contributed by atoms with Crippen LogP contribution in [0.15, 0.2) is 43.0 Å². The molecule has 0 aliphatic carbocycles. The number of rotatable bonds is 4. The number of imidazole rings is 1. The molecule has 1 amide bonds. The maximum Gasteiger partial charge on any atom is 0.242 e. The number of fused-ring (bicyclic) bond motifs is 1. The molecule has 1 aliphatic rings. The molecule has 21 heavy (non-hydrogen) atoms. The summed E-state index contributed by atoms with van der Waals surface area (Å²) in [5.41, 5.74) is 1.24. The lowest BCUT2D eigenvalue weighted by atomic mass is 10.0. The number of para-hydroxylation sites is 1. The Morgan fingerprint density at radius 3 is 3.19 bits per heavy atom. The van der Waals surface area contributed by atoms with Gasteiger partial charge in [0.1, 0.15) is 17.9 Å². The van der Waals surface area contributed by atoms with E-state index < -0.39 is 0 Å². The number of nitrogens with one attached hydrogen (secondary N) is 1. The van der Waals surface area contributed by atoms with Crippen LogP contribution < -0.4 is 10.1 Å². The number of nitrogens with zero attached hydrogens (tertiary/aromatic N) is 2. The molecule has 1 aromatic carbocycles. The van der Waals surface area contributed by atoms with E-state index in [1.807, 2.05) is 25.1 Å². The van der Waals surface area contributed by atoms with Gasteiger partial charge in [-0.15, -0.1) is 0 Å². The Morgan fingerprint density at radius 2 is 2.38 bits per heavy atom. The average Bonchev–Trinajstić information content (AvgIpc) is 3.06. The number of carbonyl (C=O) groups is 1. The van der Waals surface area contributed by atoms with Crippen LogP contribution in [-0.4, -0.2) is 28.1 Å². The molecule has 0 spiro atoms. The van der Waals surface area contributed by atoms with Gasteiger partial charge in [0.2, 0.25) is 5.91 Å². The van der Waals surface area contributed by atoms with Crippen molar-refractivity contribution in [2.24, 2.45) is 0 Å². The van der Waals surface area contributed by atoms with Crippen LogP contribution in [0.1, 0.15) is 24.9 Å². The van der Waals surface area contributed by atoms with E-state index in [9.17, 15) is 4.79 Å². The minimum Gasteiger partial charge on any atom is -0.488 e. The van der Waals surface area contributed by atoms with Gasteiger partial charge in [-0.2, -0.15) is 0 Å². The lowest BCUT2D eigenvalue weighted by Gasteiger charge is -2.26. The molecule has 0 bridgehead atoms. The van der Waals surface area contributed by atoms with Gasteiger partial charge >= 0.3 is 0 Å². The van der Waals surface area contributed by atoms with E-state index in [1.165, 1.54) is 5.56 Å². The highest BCUT2D eigenvalue weighted by Gasteiger charge is 2.21. The molecule has 2 heterocycles. The first-order chi connectivity index (χ1) is 10.2. The zero-order chi connectivity index (χ0) is 14.7. The van der Waals surface area contributed by atoms with E-state index in [2.05, 4.69) is 16.4 Å². The number of benzene rings is 1. The fourth-order valence-electron chi connectivity index (χ4n) is 2.52. The second-order valence-electron chi connectivity index (χ2n) is 5.32. The second kappa shape index (κ2) is 5.99. The Bertz CT molecular complexity index is 610. The standard InChI is InChI=1S/C16H19N3O2/c1-12(19-9-8-17-11-19)16(20)18-10-14-7-6-13-4-2-3-5-15(13)21-14/h2-5,8-9,11-12,14H,6-7,10H2,1H3,(H,18,20)/t12-,14-/m1/s1. The van der Waals surface area contributed by atoms with Gasteiger partial charge in [-0.05, 0) is 31.4 Å². The van der Waals surface area contributed by atoms with Crippen LogP contribution >= 0.6 is 0 Å². The zero-order valence-electron chi connectivity index (χ0n) is 12.0. The summed E-state index contributed by atoms with van der Waals surface area (Å²) in [6.07, 6.45) is 7.07. The summed E-state index contributed by atoms with van der Waals surface area (Å²) in [5, 5.41) is 2.96. The summed E-state index contributed by atoms with van der Waals surface area (Å²) in [6, 6.07) is 7.81. The number of amides is 1. The summed E-state index contributed by atoms with van der Waals surface area (Å²) < 4.78 is 7.70. The Labute approximate surface area is 124 Å². The average molecular weight is 285 g/mol. The highest BCUT2D eigenvalue weighted by Crippen LogP contribution is 2.26. The predicted molar refractivity (Wildman–Crippen MR) is 79.1 cm³/mol. The van der Waals surface area contributed by atoms with Crippen LogP contribution in [0.3, 0.4) is 0 Å². The highest BCUT2D eigenvalue weighted by molar-refractivity contribution is 5.79. The number of aromatic nitrogens is 2. The van der Waals surface area contributed by atoms with Crippen molar-refractivity contribution in [2.75, 3.05) is 6.54 Å². The van der Waals surface area contributed by atoms with E-state index in [4.69, 9.17) is 4.74 Å². The molecule has 110 valence electrons. The van der Waals surface area contributed by atoms with Crippen molar-refractivity contribution in [3.63, 3.8) is 0 Å². The third-order valence-electron chi connectivity index (χ3n) is 3.86. The quantitative estimate of drug-likeness (QED) is 0.934. The Balaban J connectivity index is 1.53. The van der Waals surface area contributed by atoms with E-state index in [-0.39, 0.29) is 18.1 Å². The lowest BCUT2D eigenvalue weighted by Crippen LogP contribution is -2.39. The highest BCUT2D eigenvalue weighted by atomic mass is 16.5. The van der Waals surface area contributed by atoms with Crippen LogP contribution in [-0.2, 0) is 11.2 Å². The molecule has 0 unspecified atom stereocenters. The van der Waals surface area contributed by atoms with Crippen molar-refractivity contribution in [2.45, 2.75) is 31.9 Å². The van der Waals surface area contributed by atoms with Crippen molar-refractivity contribution >= 4 is 5.91 Å². The van der Waals surface area contributed by atoms with E-state index in [0.29, 0.717) is 6.54 Å². The molecule has 0 fully saturated rings. The molecule has 5 nitrogen and oxygen atoms in total. The number of aryl methyl sites for hydroxylation is 1. The van der Waals surface area contributed by atoms with Crippen molar-refractivity contribution in [3.05, 3.63) is 48.5 Å².